The van der Waals surface area contributed by atoms with Crippen LogP contribution >= 0.6 is 0 Å². The van der Waals surface area contributed by atoms with E-state index in [1.54, 1.807) is 4.90 Å². The highest BCUT2D eigenvalue weighted by molar-refractivity contribution is 5.87. The summed E-state index contributed by atoms with van der Waals surface area (Å²) < 4.78 is 10.7. The van der Waals surface area contributed by atoms with Gasteiger partial charge >= 0.3 is 6.09 Å². The molecule has 5 heteroatoms. The van der Waals surface area contributed by atoms with Crippen LogP contribution in [0.4, 0.5) is 4.79 Å². The number of carbonyl (C=O) groups excluding carboxylic acids is 2. The third-order valence-corrected chi connectivity index (χ3v) is 4.61. The summed E-state index contributed by atoms with van der Waals surface area (Å²) in [5.41, 5.74) is 0.548. The monoisotopic (exact) mass is 303 g/mol. The Morgan fingerprint density at radius 2 is 1.95 bits per heavy atom. The molecular formula is C17H21NO4. The van der Waals surface area contributed by atoms with E-state index < -0.39 is 5.41 Å². The van der Waals surface area contributed by atoms with Crippen molar-refractivity contribution in [3.05, 3.63) is 35.9 Å². The molecule has 1 spiro atoms. The summed E-state index contributed by atoms with van der Waals surface area (Å²) in [6.45, 7) is 2.37. The summed E-state index contributed by atoms with van der Waals surface area (Å²) in [5.74, 6) is 0.267. The Labute approximate surface area is 130 Å². The second-order valence-electron chi connectivity index (χ2n) is 6.03. The Bertz CT molecular complexity index is 537. The number of Topliss-reactive ketones (excluding diaryl/α,β-unsaturated/α-hetero) is 1. The number of piperidine rings is 1. The van der Waals surface area contributed by atoms with E-state index in [2.05, 4.69) is 0 Å². The predicted octanol–water partition coefficient (Wildman–Crippen LogP) is 2.39. The predicted molar refractivity (Wildman–Crippen MR) is 80.3 cm³/mol. The maximum absolute atomic E-state index is 12.3. The van der Waals surface area contributed by atoms with Gasteiger partial charge in [-0.05, 0) is 18.4 Å². The smallest absolute Gasteiger partial charge is 0.410 e. The Kier molecular flexibility index (Phi) is 4.43. The first-order valence-corrected chi connectivity index (χ1v) is 7.76. The maximum atomic E-state index is 12.3. The minimum Gasteiger partial charge on any atom is -0.445 e. The molecule has 0 unspecified atom stereocenters. The topological polar surface area (TPSA) is 55.8 Å². The minimum absolute atomic E-state index is 0.264. The maximum Gasteiger partial charge on any atom is 0.410 e. The molecule has 118 valence electrons. The van der Waals surface area contributed by atoms with Gasteiger partial charge in [-0.3, -0.25) is 4.79 Å². The highest BCUT2D eigenvalue weighted by Crippen LogP contribution is 2.36. The van der Waals surface area contributed by atoms with Crippen molar-refractivity contribution in [1.29, 1.82) is 0 Å². The van der Waals surface area contributed by atoms with Crippen molar-refractivity contribution in [3.63, 3.8) is 0 Å². The Hall–Kier alpha value is -1.88. The molecule has 0 atom stereocenters. The van der Waals surface area contributed by atoms with E-state index in [4.69, 9.17) is 9.47 Å². The van der Waals surface area contributed by atoms with Gasteiger partial charge in [-0.25, -0.2) is 4.79 Å². The van der Waals surface area contributed by atoms with Gasteiger partial charge in [0.2, 0.25) is 0 Å². The Morgan fingerprint density at radius 1 is 1.23 bits per heavy atom. The lowest BCUT2D eigenvalue weighted by atomic mass is 9.73. The quantitative estimate of drug-likeness (QED) is 0.842. The van der Waals surface area contributed by atoms with Gasteiger partial charge in [0.1, 0.15) is 12.4 Å². The second kappa shape index (κ2) is 6.48. The molecule has 0 bridgehead atoms. The first-order valence-electron chi connectivity index (χ1n) is 7.76. The fourth-order valence-corrected chi connectivity index (χ4v) is 3.20. The number of hydrogen-bond acceptors (Lipinski definition) is 4. The molecule has 0 aliphatic carbocycles. The van der Waals surface area contributed by atoms with Crippen molar-refractivity contribution in [2.75, 3.05) is 26.3 Å². The van der Waals surface area contributed by atoms with E-state index >= 15 is 0 Å². The average Bonchev–Trinajstić information content (AvgIpc) is 2.57. The minimum atomic E-state index is -0.414. The Morgan fingerprint density at radius 3 is 2.68 bits per heavy atom. The molecule has 1 aromatic rings. The number of ketones is 1. The van der Waals surface area contributed by atoms with Crippen LogP contribution in [0.3, 0.4) is 0 Å². The van der Waals surface area contributed by atoms with Gasteiger partial charge in [0.25, 0.3) is 0 Å². The normalized spacial score (nSPS) is 20.9. The second-order valence-corrected chi connectivity index (χ2v) is 6.03. The number of ether oxygens (including phenoxy) is 2. The number of nitrogens with zero attached hydrogens (tertiary/aromatic N) is 1. The molecular weight excluding hydrogens is 282 g/mol. The lowest BCUT2D eigenvalue weighted by molar-refractivity contribution is -0.139. The molecule has 0 saturated carbocycles. The highest BCUT2D eigenvalue weighted by Gasteiger charge is 2.45. The van der Waals surface area contributed by atoms with E-state index in [9.17, 15) is 9.59 Å². The average molecular weight is 303 g/mol. The van der Waals surface area contributed by atoms with Crippen molar-refractivity contribution in [2.24, 2.45) is 5.41 Å². The largest absolute Gasteiger partial charge is 0.445 e. The van der Waals surface area contributed by atoms with E-state index in [1.807, 2.05) is 30.3 Å². The molecule has 2 fully saturated rings. The molecule has 2 saturated heterocycles. The van der Waals surface area contributed by atoms with Crippen LogP contribution in [0.2, 0.25) is 0 Å². The summed E-state index contributed by atoms with van der Waals surface area (Å²) in [5, 5.41) is 0. The molecule has 22 heavy (non-hydrogen) atoms. The van der Waals surface area contributed by atoms with Crippen molar-refractivity contribution in [3.8, 4) is 0 Å². The Balaban J connectivity index is 1.59. The number of amides is 1. The lowest BCUT2D eigenvalue weighted by Crippen LogP contribution is -2.53. The van der Waals surface area contributed by atoms with Gasteiger partial charge in [0.05, 0.1) is 5.41 Å². The fourth-order valence-electron chi connectivity index (χ4n) is 3.20. The number of rotatable bonds is 2. The van der Waals surface area contributed by atoms with Gasteiger partial charge in [0, 0.05) is 32.7 Å². The summed E-state index contributed by atoms with van der Waals surface area (Å²) in [6, 6.07) is 9.61. The van der Waals surface area contributed by atoms with E-state index in [0.717, 1.165) is 5.56 Å². The van der Waals surface area contributed by atoms with Gasteiger partial charge in [-0.1, -0.05) is 30.3 Å². The summed E-state index contributed by atoms with van der Waals surface area (Å²) in [6.07, 6.45) is 1.49. The molecule has 3 rings (SSSR count). The summed E-state index contributed by atoms with van der Waals surface area (Å²) in [7, 11) is 0. The third kappa shape index (κ3) is 3.14. The van der Waals surface area contributed by atoms with Crippen molar-refractivity contribution < 1.29 is 19.1 Å². The zero-order valence-electron chi connectivity index (χ0n) is 12.6. The number of benzene rings is 1. The van der Waals surface area contributed by atoms with Gasteiger partial charge in [0.15, 0.2) is 0 Å². The molecule has 1 aromatic carbocycles. The van der Waals surface area contributed by atoms with Crippen LogP contribution in [0.5, 0.6) is 0 Å². The van der Waals surface area contributed by atoms with Crippen LogP contribution in [0.1, 0.15) is 24.8 Å². The van der Waals surface area contributed by atoms with E-state index in [1.165, 1.54) is 0 Å². The van der Waals surface area contributed by atoms with Crippen molar-refractivity contribution in [2.45, 2.75) is 25.9 Å². The van der Waals surface area contributed by atoms with Crippen LogP contribution in [0, 0.1) is 5.41 Å². The molecule has 0 aromatic heterocycles. The first-order chi connectivity index (χ1) is 10.7. The van der Waals surface area contributed by atoms with E-state index in [0.29, 0.717) is 45.6 Å². The molecule has 0 N–H and O–H groups in total. The number of carbonyl (C=O) groups is 2. The lowest BCUT2D eigenvalue weighted by Gasteiger charge is -2.43. The first kappa shape index (κ1) is 15.0. The molecule has 2 heterocycles. The van der Waals surface area contributed by atoms with Crippen molar-refractivity contribution >= 4 is 11.9 Å². The molecule has 5 nitrogen and oxygen atoms in total. The van der Waals surface area contributed by atoms with Crippen LogP contribution < -0.4 is 0 Å². The van der Waals surface area contributed by atoms with Crippen LogP contribution in [0.15, 0.2) is 30.3 Å². The van der Waals surface area contributed by atoms with E-state index in [-0.39, 0.29) is 18.5 Å². The number of hydrogen-bond donors (Lipinski definition) is 0. The van der Waals surface area contributed by atoms with Crippen LogP contribution in [-0.4, -0.2) is 43.1 Å². The zero-order chi connectivity index (χ0) is 15.4. The van der Waals surface area contributed by atoms with Gasteiger partial charge in [-0.15, -0.1) is 0 Å². The fraction of sp³-hybridized carbons (Fsp3) is 0.529. The van der Waals surface area contributed by atoms with Crippen molar-refractivity contribution in [1.82, 2.24) is 4.90 Å². The molecule has 2 aliphatic rings. The van der Waals surface area contributed by atoms with Gasteiger partial charge in [-0.2, -0.15) is 0 Å². The standard InChI is InChI=1S/C17H21NO4/c19-15-6-9-18(13-17(15)7-10-21-11-8-17)16(20)22-12-14-4-2-1-3-5-14/h1-5H,6-13H2. The zero-order valence-corrected chi connectivity index (χ0v) is 12.6. The van der Waals surface area contributed by atoms with Crippen LogP contribution in [0.25, 0.3) is 0 Å². The summed E-state index contributed by atoms with van der Waals surface area (Å²) >= 11 is 0. The summed E-state index contributed by atoms with van der Waals surface area (Å²) in [4.78, 5) is 26.2. The van der Waals surface area contributed by atoms with Gasteiger partial charge < -0.3 is 14.4 Å². The molecule has 1 amide bonds. The molecule has 2 aliphatic heterocycles. The number of likely N-dealkylation sites (tertiary alicyclic amines) is 1. The van der Waals surface area contributed by atoms with Crippen LogP contribution in [-0.2, 0) is 20.9 Å². The SMILES string of the molecule is O=C(OCc1ccccc1)N1CCC(=O)C2(CCOCC2)C1. The highest BCUT2D eigenvalue weighted by atomic mass is 16.6. The third-order valence-electron chi connectivity index (χ3n) is 4.61. The molecule has 0 radical (unpaired) electrons.